The van der Waals surface area contributed by atoms with E-state index < -0.39 is 0 Å². The molecule has 0 N–H and O–H groups in total. The highest BCUT2D eigenvalue weighted by molar-refractivity contribution is 5.36. The average Bonchev–Trinajstić information content (AvgIpc) is 2.91. The Morgan fingerprint density at radius 2 is 1.94 bits per heavy atom. The Morgan fingerprint density at radius 1 is 1.18 bits per heavy atom. The maximum atomic E-state index is 5.52. The predicted molar refractivity (Wildman–Crippen MR) is 64.4 cm³/mol. The minimum atomic E-state index is 0.369. The number of hydrogen-bond acceptors (Lipinski definition) is 4. The molecule has 0 saturated carbocycles. The largest absolute Gasteiger partial charge is 0.484 e. The second kappa shape index (κ2) is 4.53. The molecule has 2 aliphatic rings. The lowest BCUT2D eigenvalue weighted by molar-refractivity contribution is 0.162. The van der Waals surface area contributed by atoms with Gasteiger partial charge < -0.3 is 9.47 Å². The van der Waals surface area contributed by atoms with Gasteiger partial charge in [-0.25, -0.2) is 4.98 Å². The zero-order chi connectivity index (χ0) is 11.7. The van der Waals surface area contributed by atoms with Gasteiger partial charge in [-0.3, -0.25) is 4.90 Å². The summed E-state index contributed by atoms with van der Waals surface area (Å²) in [4.78, 5) is 7.04. The van der Waals surface area contributed by atoms with Crippen molar-refractivity contribution >= 4 is 0 Å². The molecule has 0 radical (unpaired) electrons. The summed E-state index contributed by atoms with van der Waals surface area (Å²) in [6, 6.07) is 4.40. The van der Waals surface area contributed by atoms with Crippen molar-refractivity contribution in [2.45, 2.75) is 25.8 Å². The lowest BCUT2D eigenvalue weighted by atomic mass is 10.2. The molecule has 3 heterocycles. The molecule has 1 aromatic heterocycles. The Balaban J connectivity index is 1.82. The van der Waals surface area contributed by atoms with Gasteiger partial charge in [0.2, 0.25) is 0 Å². The first-order valence-corrected chi connectivity index (χ1v) is 6.35. The zero-order valence-electron chi connectivity index (χ0n) is 10.2. The minimum absolute atomic E-state index is 0.369. The smallest absolute Gasteiger partial charge is 0.257 e. The first kappa shape index (κ1) is 10.8. The predicted octanol–water partition coefficient (Wildman–Crippen LogP) is 2.01. The van der Waals surface area contributed by atoms with Crippen LogP contribution >= 0.6 is 0 Å². The van der Waals surface area contributed by atoms with Crippen molar-refractivity contribution in [3.8, 4) is 11.6 Å². The molecular weight excluding hydrogens is 216 g/mol. The van der Waals surface area contributed by atoms with Crippen LogP contribution in [-0.2, 0) is 0 Å². The Kier molecular flexibility index (Phi) is 2.89. The molecule has 3 rings (SSSR count). The van der Waals surface area contributed by atoms with Gasteiger partial charge in [-0.2, -0.15) is 0 Å². The van der Waals surface area contributed by atoms with Crippen LogP contribution in [-0.4, -0.2) is 36.2 Å². The highest BCUT2D eigenvalue weighted by atomic mass is 16.6. The number of pyridine rings is 1. The molecule has 17 heavy (non-hydrogen) atoms. The van der Waals surface area contributed by atoms with Crippen LogP contribution in [0.15, 0.2) is 12.1 Å². The third-order valence-corrected chi connectivity index (χ3v) is 3.54. The van der Waals surface area contributed by atoms with Gasteiger partial charge in [0.1, 0.15) is 13.2 Å². The standard InChI is InChI=1S/C13H18N2O2/c1-10(15-6-2-3-7-15)11-4-5-12-13(14-11)17-9-8-16-12/h4-5,10H,2-3,6-9H2,1H3/t10-/m0/s1. The topological polar surface area (TPSA) is 34.6 Å². The molecule has 0 spiro atoms. The summed E-state index contributed by atoms with van der Waals surface area (Å²) in [6.45, 7) is 5.79. The summed E-state index contributed by atoms with van der Waals surface area (Å²) in [7, 11) is 0. The molecule has 0 unspecified atom stereocenters. The van der Waals surface area contributed by atoms with Gasteiger partial charge >= 0.3 is 0 Å². The normalized spacial score (nSPS) is 21.5. The number of likely N-dealkylation sites (tertiary alicyclic amines) is 1. The van der Waals surface area contributed by atoms with E-state index in [-0.39, 0.29) is 0 Å². The fourth-order valence-corrected chi connectivity index (χ4v) is 2.49. The van der Waals surface area contributed by atoms with Crippen molar-refractivity contribution in [2.75, 3.05) is 26.3 Å². The molecule has 1 atom stereocenters. The second-order valence-corrected chi connectivity index (χ2v) is 4.66. The maximum absolute atomic E-state index is 5.52. The van der Waals surface area contributed by atoms with Crippen LogP contribution in [0.2, 0.25) is 0 Å². The molecule has 1 fully saturated rings. The van der Waals surface area contributed by atoms with E-state index in [9.17, 15) is 0 Å². The number of fused-ring (bicyclic) bond motifs is 1. The molecular formula is C13H18N2O2. The Hall–Kier alpha value is -1.29. The molecule has 0 bridgehead atoms. The van der Waals surface area contributed by atoms with E-state index in [1.807, 2.05) is 6.07 Å². The first-order valence-electron chi connectivity index (χ1n) is 6.35. The van der Waals surface area contributed by atoms with Crippen molar-refractivity contribution < 1.29 is 9.47 Å². The van der Waals surface area contributed by atoms with Crippen LogP contribution in [0, 0.1) is 0 Å². The molecule has 0 aromatic carbocycles. The fourth-order valence-electron chi connectivity index (χ4n) is 2.49. The molecule has 92 valence electrons. The summed E-state index contributed by atoms with van der Waals surface area (Å²) in [5, 5.41) is 0. The molecule has 0 amide bonds. The van der Waals surface area contributed by atoms with Crippen LogP contribution in [0.1, 0.15) is 31.5 Å². The average molecular weight is 234 g/mol. The second-order valence-electron chi connectivity index (χ2n) is 4.66. The quantitative estimate of drug-likeness (QED) is 0.784. The van der Waals surface area contributed by atoms with Gasteiger partial charge in [0.25, 0.3) is 5.88 Å². The van der Waals surface area contributed by atoms with Crippen LogP contribution in [0.4, 0.5) is 0 Å². The van der Waals surface area contributed by atoms with E-state index in [1.54, 1.807) is 0 Å². The van der Waals surface area contributed by atoms with Gasteiger partial charge in [-0.15, -0.1) is 0 Å². The van der Waals surface area contributed by atoms with E-state index in [2.05, 4.69) is 22.9 Å². The summed E-state index contributed by atoms with van der Waals surface area (Å²) in [6.07, 6.45) is 2.60. The van der Waals surface area contributed by atoms with Crippen molar-refractivity contribution in [2.24, 2.45) is 0 Å². The summed E-state index contributed by atoms with van der Waals surface area (Å²) in [5.41, 5.74) is 1.08. The van der Waals surface area contributed by atoms with E-state index in [0.29, 0.717) is 25.1 Å². The third kappa shape index (κ3) is 2.09. The van der Waals surface area contributed by atoms with E-state index >= 15 is 0 Å². The number of ether oxygens (including phenoxy) is 2. The lowest BCUT2D eigenvalue weighted by Crippen LogP contribution is -2.24. The van der Waals surface area contributed by atoms with Gasteiger partial charge in [0.05, 0.1) is 5.69 Å². The molecule has 1 saturated heterocycles. The van der Waals surface area contributed by atoms with Crippen molar-refractivity contribution in [1.82, 2.24) is 9.88 Å². The van der Waals surface area contributed by atoms with Crippen LogP contribution in [0.3, 0.4) is 0 Å². The Bertz CT molecular complexity index is 402. The lowest BCUT2D eigenvalue weighted by Gasteiger charge is -2.25. The molecule has 0 aliphatic carbocycles. The number of aromatic nitrogens is 1. The van der Waals surface area contributed by atoms with Gasteiger partial charge in [0, 0.05) is 6.04 Å². The van der Waals surface area contributed by atoms with Gasteiger partial charge in [0.15, 0.2) is 5.75 Å². The summed E-state index contributed by atoms with van der Waals surface area (Å²) in [5.74, 6) is 1.42. The van der Waals surface area contributed by atoms with Crippen LogP contribution in [0.5, 0.6) is 11.6 Å². The Morgan fingerprint density at radius 3 is 2.76 bits per heavy atom. The molecule has 4 heteroatoms. The first-order chi connectivity index (χ1) is 8.34. The number of nitrogens with zero attached hydrogens (tertiary/aromatic N) is 2. The van der Waals surface area contributed by atoms with Gasteiger partial charge in [-0.05, 0) is 45.0 Å². The van der Waals surface area contributed by atoms with Crippen LogP contribution in [0.25, 0.3) is 0 Å². The van der Waals surface area contributed by atoms with Crippen molar-refractivity contribution in [3.63, 3.8) is 0 Å². The number of rotatable bonds is 2. The highest BCUT2D eigenvalue weighted by Gasteiger charge is 2.22. The third-order valence-electron chi connectivity index (χ3n) is 3.54. The number of hydrogen-bond donors (Lipinski definition) is 0. The van der Waals surface area contributed by atoms with E-state index in [0.717, 1.165) is 11.4 Å². The summed E-state index contributed by atoms with van der Waals surface area (Å²) >= 11 is 0. The molecule has 1 aromatic rings. The van der Waals surface area contributed by atoms with Crippen LogP contribution < -0.4 is 9.47 Å². The maximum Gasteiger partial charge on any atom is 0.257 e. The molecule has 2 aliphatic heterocycles. The summed E-state index contributed by atoms with van der Waals surface area (Å²) < 4.78 is 11.0. The van der Waals surface area contributed by atoms with E-state index in [1.165, 1.54) is 25.9 Å². The van der Waals surface area contributed by atoms with Crippen molar-refractivity contribution in [1.29, 1.82) is 0 Å². The van der Waals surface area contributed by atoms with E-state index in [4.69, 9.17) is 9.47 Å². The van der Waals surface area contributed by atoms with Gasteiger partial charge in [-0.1, -0.05) is 0 Å². The highest BCUT2D eigenvalue weighted by Crippen LogP contribution is 2.31. The monoisotopic (exact) mass is 234 g/mol. The zero-order valence-corrected chi connectivity index (χ0v) is 10.2. The Labute approximate surface area is 102 Å². The molecule has 4 nitrogen and oxygen atoms in total. The fraction of sp³-hybridized carbons (Fsp3) is 0.615. The minimum Gasteiger partial charge on any atom is -0.484 e. The van der Waals surface area contributed by atoms with Crippen molar-refractivity contribution in [3.05, 3.63) is 17.8 Å². The SMILES string of the molecule is C[C@@H](c1ccc2c(n1)OCCO2)N1CCCC1.